The minimum Gasteiger partial charge on any atom is -0.385 e. The lowest BCUT2D eigenvalue weighted by atomic mass is 9.95. The number of methoxy groups -OCH3 is 1. The average molecular weight is 242 g/mol. The Morgan fingerprint density at radius 2 is 2.12 bits per heavy atom. The lowest BCUT2D eigenvalue weighted by Gasteiger charge is -2.46. The first-order chi connectivity index (χ1) is 8.10. The van der Waals surface area contributed by atoms with Crippen molar-refractivity contribution >= 4 is 0 Å². The highest BCUT2D eigenvalue weighted by Gasteiger charge is 2.32. The SMILES string of the molecule is CCCC1CN(CCCCOC)C(C)(C)CN1. The second-order valence-electron chi connectivity index (χ2n) is 5.82. The molecule has 1 saturated heterocycles. The van der Waals surface area contributed by atoms with Crippen molar-refractivity contribution < 1.29 is 4.74 Å². The van der Waals surface area contributed by atoms with Crippen molar-refractivity contribution in [2.75, 3.05) is 33.4 Å². The number of nitrogens with one attached hydrogen (secondary N) is 1. The summed E-state index contributed by atoms with van der Waals surface area (Å²) >= 11 is 0. The molecule has 1 aliphatic rings. The van der Waals surface area contributed by atoms with Gasteiger partial charge in [0.1, 0.15) is 0 Å². The fraction of sp³-hybridized carbons (Fsp3) is 1.00. The molecule has 0 amide bonds. The van der Waals surface area contributed by atoms with Crippen LogP contribution in [-0.2, 0) is 4.74 Å². The molecule has 0 aliphatic carbocycles. The number of hydrogen-bond donors (Lipinski definition) is 1. The van der Waals surface area contributed by atoms with E-state index in [0.29, 0.717) is 11.6 Å². The zero-order chi connectivity index (χ0) is 12.7. The van der Waals surface area contributed by atoms with Crippen LogP contribution in [0, 0.1) is 0 Å². The van der Waals surface area contributed by atoms with Crippen molar-refractivity contribution in [1.29, 1.82) is 0 Å². The molecular formula is C14H30N2O. The Balaban J connectivity index is 2.35. The molecule has 0 spiro atoms. The van der Waals surface area contributed by atoms with E-state index >= 15 is 0 Å². The Kier molecular flexibility index (Phi) is 6.45. The second kappa shape index (κ2) is 7.34. The van der Waals surface area contributed by atoms with Gasteiger partial charge in [0.05, 0.1) is 0 Å². The van der Waals surface area contributed by atoms with Gasteiger partial charge in [0, 0.05) is 38.4 Å². The standard InChI is InChI=1S/C14H30N2O/c1-5-8-13-11-16(9-6-7-10-17-4)14(2,3)12-15-13/h13,15H,5-12H2,1-4H3. The Hall–Kier alpha value is -0.120. The minimum atomic E-state index is 0.303. The first-order valence-electron chi connectivity index (χ1n) is 7.07. The van der Waals surface area contributed by atoms with Gasteiger partial charge < -0.3 is 10.1 Å². The maximum absolute atomic E-state index is 5.11. The van der Waals surface area contributed by atoms with Crippen LogP contribution in [0.2, 0.25) is 0 Å². The molecule has 0 aromatic carbocycles. The van der Waals surface area contributed by atoms with Gasteiger partial charge in [-0.2, -0.15) is 0 Å². The molecule has 0 saturated carbocycles. The summed E-state index contributed by atoms with van der Waals surface area (Å²) in [6.45, 7) is 11.4. The first-order valence-corrected chi connectivity index (χ1v) is 7.07. The summed E-state index contributed by atoms with van der Waals surface area (Å²) in [6.07, 6.45) is 4.99. The summed E-state index contributed by atoms with van der Waals surface area (Å²) in [7, 11) is 1.78. The van der Waals surface area contributed by atoms with Crippen molar-refractivity contribution in [2.45, 2.75) is 58.0 Å². The van der Waals surface area contributed by atoms with Crippen LogP contribution in [0.1, 0.15) is 46.5 Å². The molecule has 1 rings (SSSR count). The van der Waals surface area contributed by atoms with Crippen LogP contribution < -0.4 is 5.32 Å². The summed E-state index contributed by atoms with van der Waals surface area (Å²) in [5.74, 6) is 0. The van der Waals surface area contributed by atoms with Gasteiger partial charge in [0.15, 0.2) is 0 Å². The van der Waals surface area contributed by atoms with E-state index in [4.69, 9.17) is 4.74 Å². The van der Waals surface area contributed by atoms with Gasteiger partial charge in [-0.15, -0.1) is 0 Å². The molecule has 1 heterocycles. The van der Waals surface area contributed by atoms with E-state index in [0.717, 1.165) is 13.2 Å². The molecule has 17 heavy (non-hydrogen) atoms. The summed E-state index contributed by atoms with van der Waals surface area (Å²) < 4.78 is 5.11. The molecule has 0 aromatic heterocycles. The number of unbranched alkanes of at least 4 members (excludes halogenated alkanes) is 1. The molecule has 0 bridgehead atoms. The highest BCUT2D eigenvalue weighted by Crippen LogP contribution is 2.20. The molecule has 102 valence electrons. The van der Waals surface area contributed by atoms with Gasteiger partial charge in [0.2, 0.25) is 0 Å². The highest BCUT2D eigenvalue weighted by atomic mass is 16.5. The van der Waals surface area contributed by atoms with Gasteiger partial charge in [-0.05, 0) is 39.7 Å². The number of nitrogens with zero attached hydrogens (tertiary/aromatic N) is 1. The Bertz CT molecular complexity index is 206. The van der Waals surface area contributed by atoms with Gasteiger partial charge in [-0.1, -0.05) is 13.3 Å². The fourth-order valence-electron chi connectivity index (χ4n) is 2.57. The van der Waals surface area contributed by atoms with Crippen LogP contribution in [0.5, 0.6) is 0 Å². The quantitative estimate of drug-likeness (QED) is 0.693. The van der Waals surface area contributed by atoms with Crippen LogP contribution >= 0.6 is 0 Å². The maximum Gasteiger partial charge on any atom is 0.0462 e. The third-order valence-corrected chi connectivity index (χ3v) is 3.78. The molecule has 3 nitrogen and oxygen atoms in total. The largest absolute Gasteiger partial charge is 0.385 e. The van der Waals surface area contributed by atoms with E-state index in [1.54, 1.807) is 7.11 Å². The van der Waals surface area contributed by atoms with Gasteiger partial charge in [-0.25, -0.2) is 0 Å². The summed E-state index contributed by atoms with van der Waals surface area (Å²) in [5, 5.41) is 3.68. The van der Waals surface area contributed by atoms with Gasteiger partial charge in [0.25, 0.3) is 0 Å². The molecule has 1 N–H and O–H groups in total. The third kappa shape index (κ3) is 4.94. The molecule has 1 fully saturated rings. The van der Waals surface area contributed by atoms with E-state index in [9.17, 15) is 0 Å². The lowest BCUT2D eigenvalue weighted by Crippen LogP contribution is -2.61. The van der Waals surface area contributed by atoms with Gasteiger partial charge >= 0.3 is 0 Å². The van der Waals surface area contributed by atoms with Crippen LogP contribution in [0.4, 0.5) is 0 Å². The van der Waals surface area contributed by atoms with E-state index < -0.39 is 0 Å². The number of hydrogen-bond acceptors (Lipinski definition) is 3. The zero-order valence-electron chi connectivity index (χ0n) is 12.1. The molecule has 3 heteroatoms. The first kappa shape index (κ1) is 14.9. The predicted molar refractivity (Wildman–Crippen MR) is 73.5 cm³/mol. The molecule has 1 aliphatic heterocycles. The van der Waals surface area contributed by atoms with E-state index in [1.807, 2.05) is 0 Å². The van der Waals surface area contributed by atoms with Crippen molar-refractivity contribution in [2.24, 2.45) is 0 Å². The van der Waals surface area contributed by atoms with Crippen LogP contribution in [0.3, 0.4) is 0 Å². The Labute approximate surface area is 107 Å². The van der Waals surface area contributed by atoms with Crippen molar-refractivity contribution in [1.82, 2.24) is 10.2 Å². The Morgan fingerprint density at radius 3 is 2.76 bits per heavy atom. The van der Waals surface area contributed by atoms with Crippen LogP contribution in [0.15, 0.2) is 0 Å². The summed E-state index contributed by atoms with van der Waals surface area (Å²) in [6, 6.07) is 0.690. The summed E-state index contributed by atoms with van der Waals surface area (Å²) in [4.78, 5) is 2.65. The predicted octanol–water partition coefficient (Wildman–Crippen LogP) is 2.27. The van der Waals surface area contributed by atoms with Crippen molar-refractivity contribution in [3.63, 3.8) is 0 Å². The lowest BCUT2D eigenvalue weighted by molar-refractivity contribution is 0.0598. The number of ether oxygens (including phenoxy) is 1. The fourth-order valence-corrected chi connectivity index (χ4v) is 2.57. The molecule has 0 aromatic rings. The van der Waals surface area contributed by atoms with E-state index in [2.05, 4.69) is 31.0 Å². The van der Waals surface area contributed by atoms with Crippen LogP contribution in [0.25, 0.3) is 0 Å². The molecule has 1 unspecified atom stereocenters. The zero-order valence-corrected chi connectivity index (χ0v) is 12.1. The topological polar surface area (TPSA) is 24.5 Å². The van der Waals surface area contributed by atoms with Crippen molar-refractivity contribution in [3.8, 4) is 0 Å². The third-order valence-electron chi connectivity index (χ3n) is 3.78. The average Bonchev–Trinajstić information content (AvgIpc) is 2.29. The second-order valence-corrected chi connectivity index (χ2v) is 5.82. The highest BCUT2D eigenvalue weighted by molar-refractivity contribution is 4.92. The molecular weight excluding hydrogens is 212 g/mol. The van der Waals surface area contributed by atoms with Crippen LogP contribution in [-0.4, -0.2) is 49.8 Å². The smallest absolute Gasteiger partial charge is 0.0462 e. The van der Waals surface area contributed by atoms with Gasteiger partial charge in [-0.3, -0.25) is 4.90 Å². The van der Waals surface area contributed by atoms with Crippen molar-refractivity contribution in [3.05, 3.63) is 0 Å². The maximum atomic E-state index is 5.11. The molecule has 0 radical (unpaired) electrons. The normalized spacial score (nSPS) is 25.1. The van der Waals surface area contributed by atoms with E-state index in [1.165, 1.54) is 38.8 Å². The summed E-state index contributed by atoms with van der Waals surface area (Å²) in [5.41, 5.74) is 0.303. The minimum absolute atomic E-state index is 0.303. The number of rotatable bonds is 7. The number of piperazine rings is 1. The monoisotopic (exact) mass is 242 g/mol. The Morgan fingerprint density at radius 1 is 1.35 bits per heavy atom. The van der Waals surface area contributed by atoms with E-state index in [-0.39, 0.29) is 0 Å². The molecule has 1 atom stereocenters.